The second-order valence-electron chi connectivity index (χ2n) is 8.99. The van der Waals surface area contributed by atoms with Gasteiger partial charge in [0.1, 0.15) is 12.4 Å². The Morgan fingerprint density at radius 3 is 2.73 bits per heavy atom. The molecule has 7 heteroatoms. The van der Waals surface area contributed by atoms with Gasteiger partial charge in [0.05, 0.1) is 5.56 Å². The van der Waals surface area contributed by atoms with Crippen molar-refractivity contribution in [3.63, 3.8) is 0 Å². The van der Waals surface area contributed by atoms with E-state index in [0.29, 0.717) is 22.8 Å². The number of hydrogen-bond acceptors (Lipinski definition) is 6. The molecular weight excluding hydrogens is 419 g/mol. The molecule has 0 unspecified atom stereocenters. The van der Waals surface area contributed by atoms with E-state index >= 15 is 0 Å². The van der Waals surface area contributed by atoms with E-state index in [0.717, 1.165) is 29.5 Å². The SMILES string of the molecule is CC1(C#Cc2cnc3c(c2)[C@]2(COC(N)=N2)c2cc(-c4cccnc4F)ccc2O3)CCC1. The summed E-state index contributed by atoms with van der Waals surface area (Å²) in [5.74, 6) is 7.14. The summed E-state index contributed by atoms with van der Waals surface area (Å²) >= 11 is 0. The molecule has 1 aromatic carbocycles. The van der Waals surface area contributed by atoms with Gasteiger partial charge in [-0.3, -0.25) is 0 Å². The second kappa shape index (κ2) is 7.04. The van der Waals surface area contributed by atoms with Gasteiger partial charge in [0, 0.05) is 34.5 Å². The molecule has 0 bridgehead atoms. The van der Waals surface area contributed by atoms with Crippen LogP contribution in [0.15, 0.2) is 53.8 Å². The van der Waals surface area contributed by atoms with Crippen molar-refractivity contribution in [3.05, 3.63) is 71.4 Å². The number of aliphatic imine (C=N–C) groups is 1. The minimum absolute atomic E-state index is 0.0679. The summed E-state index contributed by atoms with van der Waals surface area (Å²) in [7, 11) is 0. The van der Waals surface area contributed by atoms with Crippen molar-refractivity contribution in [2.24, 2.45) is 16.1 Å². The van der Waals surface area contributed by atoms with Crippen molar-refractivity contribution < 1.29 is 13.9 Å². The Morgan fingerprint density at radius 1 is 1.12 bits per heavy atom. The zero-order valence-electron chi connectivity index (χ0n) is 18.1. The van der Waals surface area contributed by atoms with Gasteiger partial charge in [-0.2, -0.15) is 4.39 Å². The fourth-order valence-corrected chi connectivity index (χ4v) is 4.62. The quantitative estimate of drug-likeness (QED) is 0.444. The largest absolute Gasteiger partial charge is 0.462 e. The first-order chi connectivity index (χ1) is 16.0. The Bertz CT molecular complexity index is 1390. The molecule has 0 saturated heterocycles. The van der Waals surface area contributed by atoms with E-state index in [1.54, 1.807) is 30.5 Å². The Morgan fingerprint density at radius 2 is 2.00 bits per heavy atom. The summed E-state index contributed by atoms with van der Waals surface area (Å²) in [5.41, 5.74) is 8.38. The van der Waals surface area contributed by atoms with Crippen molar-refractivity contribution in [1.82, 2.24) is 9.97 Å². The summed E-state index contributed by atoms with van der Waals surface area (Å²) in [6.07, 6.45) is 6.58. The van der Waals surface area contributed by atoms with Crippen LogP contribution in [0.4, 0.5) is 4.39 Å². The maximum atomic E-state index is 14.4. The molecular formula is C26H21FN4O2. The van der Waals surface area contributed by atoms with Crippen LogP contribution < -0.4 is 10.5 Å². The van der Waals surface area contributed by atoms with Gasteiger partial charge in [0.15, 0.2) is 5.54 Å². The second-order valence-corrected chi connectivity index (χ2v) is 8.99. The Labute approximate surface area is 190 Å². The lowest BCUT2D eigenvalue weighted by Gasteiger charge is -2.33. The van der Waals surface area contributed by atoms with Crippen LogP contribution in [-0.4, -0.2) is 22.6 Å². The molecule has 1 spiro atoms. The summed E-state index contributed by atoms with van der Waals surface area (Å²) in [4.78, 5) is 13.0. The predicted molar refractivity (Wildman–Crippen MR) is 121 cm³/mol. The molecule has 2 aromatic heterocycles. The number of rotatable bonds is 1. The number of pyridine rings is 2. The summed E-state index contributed by atoms with van der Waals surface area (Å²) in [6.45, 7) is 2.38. The van der Waals surface area contributed by atoms with E-state index in [1.807, 2.05) is 12.1 Å². The van der Waals surface area contributed by atoms with E-state index < -0.39 is 11.5 Å². The van der Waals surface area contributed by atoms with Crippen molar-refractivity contribution >= 4 is 6.02 Å². The lowest BCUT2D eigenvalue weighted by Crippen LogP contribution is -2.31. The average Bonchev–Trinajstić information content (AvgIpc) is 3.19. The van der Waals surface area contributed by atoms with Gasteiger partial charge >= 0.3 is 0 Å². The number of fused-ring (bicyclic) bond motifs is 4. The highest BCUT2D eigenvalue weighted by molar-refractivity contribution is 5.77. The zero-order valence-corrected chi connectivity index (χ0v) is 18.1. The zero-order chi connectivity index (χ0) is 22.6. The molecule has 0 amide bonds. The number of nitrogens with zero attached hydrogens (tertiary/aromatic N) is 3. The third-order valence-electron chi connectivity index (χ3n) is 6.69. The average molecular weight is 440 g/mol. The number of halogens is 1. The van der Waals surface area contributed by atoms with Gasteiger partial charge in [0.2, 0.25) is 11.8 Å². The molecule has 2 aliphatic heterocycles. The molecule has 164 valence electrons. The third kappa shape index (κ3) is 3.13. The minimum Gasteiger partial charge on any atom is -0.462 e. The molecule has 0 radical (unpaired) electrons. The topological polar surface area (TPSA) is 82.6 Å². The van der Waals surface area contributed by atoms with Crippen molar-refractivity contribution in [2.75, 3.05) is 6.61 Å². The van der Waals surface area contributed by atoms with Crippen LogP contribution in [0, 0.1) is 23.2 Å². The number of ether oxygens (including phenoxy) is 2. The normalized spacial score (nSPS) is 21.5. The highest BCUT2D eigenvalue weighted by Crippen LogP contribution is 2.51. The first-order valence-corrected chi connectivity index (χ1v) is 10.9. The molecule has 1 aliphatic carbocycles. The number of nitrogens with two attached hydrogens (primary N) is 1. The molecule has 6 rings (SSSR count). The van der Waals surface area contributed by atoms with E-state index in [1.165, 1.54) is 12.6 Å². The summed E-state index contributed by atoms with van der Waals surface area (Å²) in [6, 6.07) is 10.9. The van der Waals surface area contributed by atoms with Gasteiger partial charge in [0.25, 0.3) is 6.02 Å². The van der Waals surface area contributed by atoms with Crippen LogP contribution in [0.2, 0.25) is 0 Å². The maximum Gasteiger partial charge on any atom is 0.283 e. The lowest BCUT2D eigenvalue weighted by molar-refractivity contribution is 0.248. The minimum atomic E-state index is -0.952. The van der Waals surface area contributed by atoms with Crippen molar-refractivity contribution in [3.8, 4) is 34.6 Å². The van der Waals surface area contributed by atoms with Crippen molar-refractivity contribution in [2.45, 2.75) is 31.7 Å². The van der Waals surface area contributed by atoms with E-state index in [4.69, 9.17) is 20.2 Å². The van der Waals surface area contributed by atoms with Gasteiger partial charge in [-0.25, -0.2) is 15.0 Å². The van der Waals surface area contributed by atoms with Crippen LogP contribution in [0.3, 0.4) is 0 Å². The van der Waals surface area contributed by atoms with Gasteiger partial charge in [-0.1, -0.05) is 24.3 Å². The smallest absolute Gasteiger partial charge is 0.283 e. The van der Waals surface area contributed by atoms with Gasteiger partial charge < -0.3 is 15.2 Å². The van der Waals surface area contributed by atoms with Crippen LogP contribution in [0.1, 0.15) is 42.9 Å². The number of aromatic nitrogens is 2. The summed E-state index contributed by atoms with van der Waals surface area (Å²) in [5, 5.41) is 0. The molecule has 3 aromatic rings. The molecule has 3 aliphatic rings. The molecule has 6 nitrogen and oxygen atoms in total. The van der Waals surface area contributed by atoms with Crippen LogP contribution in [0.25, 0.3) is 11.1 Å². The highest BCUT2D eigenvalue weighted by atomic mass is 19.1. The van der Waals surface area contributed by atoms with Crippen LogP contribution >= 0.6 is 0 Å². The van der Waals surface area contributed by atoms with E-state index in [9.17, 15) is 4.39 Å². The first kappa shape index (κ1) is 19.7. The van der Waals surface area contributed by atoms with E-state index in [2.05, 4.69) is 28.7 Å². The molecule has 4 heterocycles. The van der Waals surface area contributed by atoms with E-state index in [-0.39, 0.29) is 18.0 Å². The van der Waals surface area contributed by atoms with Crippen LogP contribution in [-0.2, 0) is 10.3 Å². The monoisotopic (exact) mass is 440 g/mol. The standard InChI is InChI=1S/C26H21FN4O2/c1-25(8-3-9-25)10-7-16-12-20-23(30-14-16)33-21-6-5-17(18-4-2-11-29-22(18)27)13-19(21)26(20)15-32-24(28)31-26/h2,4-6,11-14H,3,8-9,15H2,1H3,(H2,28,31)/t26-/m0/s1. The molecule has 33 heavy (non-hydrogen) atoms. The fourth-order valence-electron chi connectivity index (χ4n) is 4.62. The molecule has 1 saturated carbocycles. The summed E-state index contributed by atoms with van der Waals surface area (Å²) < 4.78 is 26.2. The molecule has 1 fully saturated rings. The van der Waals surface area contributed by atoms with Gasteiger partial charge in [-0.05, 0) is 55.7 Å². The number of hydrogen-bond donors (Lipinski definition) is 1. The maximum absolute atomic E-state index is 14.4. The predicted octanol–water partition coefficient (Wildman–Crippen LogP) is 4.52. The molecule has 2 N–H and O–H groups in total. The Balaban J connectivity index is 1.50. The Hall–Kier alpha value is -3.92. The number of benzene rings is 1. The Kier molecular flexibility index (Phi) is 4.21. The number of amidine groups is 1. The van der Waals surface area contributed by atoms with Crippen LogP contribution in [0.5, 0.6) is 11.6 Å². The van der Waals surface area contributed by atoms with Crippen molar-refractivity contribution in [1.29, 1.82) is 0 Å². The highest BCUT2D eigenvalue weighted by Gasteiger charge is 2.48. The lowest BCUT2D eigenvalue weighted by atomic mass is 9.71. The fraction of sp³-hybridized carbons (Fsp3) is 0.269. The molecule has 1 atom stereocenters. The first-order valence-electron chi connectivity index (χ1n) is 10.9. The van der Waals surface area contributed by atoms with Gasteiger partial charge in [-0.15, -0.1) is 0 Å². The third-order valence-corrected chi connectivity index (χ3v) is 6.69.